The summed E-state index contributed by atoms with van der Waals surface area (Å²) in [6, 6.07) is 43.8. The molecule has 2 heterocycles. The highest BCUT2D eigenvalue weighted by molar-refractivity contribution is 5.81. The maximum Gasteiger partial charge on any atom is 0.249 e. The monoisotopic (exact) mass is 575 g/mol. The van der Waals surface area contributed by atoms with Crippen LogP contribution in [0.2, 0.25) is 0 Å². The van der Waals surface area contributed by atoms with Crippen LogP contribution in [0.3, 0.4) is 0 Å². The molecule has 7 rings (SSSR count). The molecule has 0 radical (unpaired) electrons. The van der Waals surface area contributed by atoms with E-state index in [1.807, 2.05) is 47.1 Å². The van der Waals surface area contributed by atoms with E-state index in [0.29, 0.717) is 0 Å². The van der Waals surface area contributed by atoms with E-state index < -0.39 is 0 Å². The SMILES string of the molecule is C[n+]1cn(-c2cc(Oc3cccc(-n4cc(-c5ccccc5)c(-c5ccccc5)n4)c3)cc(C(C)(C)C)c2)c2ccccc21. The average molecular weight is 576 g/mol. The first kappa shape index (κ1) is 27.4. The van der Waals surface area contributed by atoms with Gasteiger partial charge in [0.05, 0.1) is 12.7 Å². The number of imidazole rings is 1. The molecule has 0 bridgehead atoms. The lowest BCUT2D eigenvalue weighted by molar-refractivity contribution is -0.645. The van der Waals surface area contributed by atoms with E-state index in [0.717, 1.165) is 50.8 Å². The number of hydrogen-bond donors (Lipinski definition) is 0. The van der Waals surface area contributed by atoms with Gasteiger partial charge in [0.25, 0.3) is 0 Å². The average Bonchev–Trinajstić information content (AvgIpc) is 3.64. The van der Waals surface area contributed by atoms with Crippen LogP contribution in [-0.2, 0) is 12.5 Å². The molecule has 0 amide bonds. The standard InChI is InChI=1S/C39H35N4O/c1-39(2,3)30-22-32(42-27-41(4)36-20-11-12-21-37(36)42)25-34(23-30)44-33-19-13-18-31(24-33)43-26-35(28-14-7-5-8-15-28)38(40-43)29-16-9-6-10-17-29/h5-27H,1-4H3/q+1. The van der Waals surface area contributed by atoms with Crippen molar-refractivity contribution >= 4 is 11.0 Å². The van der Waals surface area contributed by atoms with Crippen LogP contribution in [0.25, 0.3) is 44.8 Å². The van der Waals surface area contributed by atoms with Crippen molar-refractivity contribution in [2.24, 2.45) is 7.05 Å². The van der Waals surface area contributed by atoms with Gasteiger partial charge in [0.15, 0.2) is 11.0 Å². The largest absolute Gasteiger partial charge is 0.457 e. The van der Waals surface area contributed by atoms with Crippen molar-refractivity contribution in [2.75, 3.05) is 0 Å². The Labute approximate surface area is 258 Å². The summed E-state index contributed by atoms with van der Waals surface area (Å²) in [5.74, 6) is 1.54. The molecule has 0 aliphatic heterocycles. The number of benzene rings is 5. The van der Waals surface area contributed by atoms with Crippen molar-refractivity contribution in [3.8, 4) is 45.3 Å². The molecule has 216 valence electrons. The Morgan fingerprint density at radius 3 is 2.09 bits per heavy atom. The molecule has 5 nitrogen and oxygen atoms in total. The maximum atomic E-state index is 6.60. The molecule has 0 spiro atoms. The Kier molecular flexibility index (Phi) is 6.86. The van der Waals surface area contributed by atoms with Gasteiger partial charge < -0.3 is 4.74 Å². The van der Waals surface area contributed by atoms with Crippen molar-refractivity contribution < 1.29 is 9.30 Å². The van der Waals surface area contributed by atoms with Crippen LogP contribution in [0, 0.1) is 0 Å². The fourth-order valence-corrected chi connectivity index (χ4v) is 5.65. The van der Waals surface area contributed by atoms with E-state index in [1.165, 1.54) is 11.1 Å². The number of para-hydroxylation sites is 2. The van der Waals surface area contributed by atoms with E-state index >= 15 is 0 Å². The third kappa shape index (κ3) is 5.29. The molecule has 0 atom stereocenters. The first-order valence-electron chi connectivity index (χ1n) is 14.9. The Balaban J connectivity index is 1.28. The number of aromatic nitrogens is 4. The van der Waals surface area contributed by atoms with Crippen molar-refractivity contribution in [3.63, 3.8) is 0 Å². The summed E-state index contributed by atoms with van der Waals surface area (Å²) < 4.78 is 12.9. The smallest absolute Gasteiger partial charge is 0.249 e. The summed E-state index contributed by atoms with van der Waals surface area (Å²) in [5, 5.41) is 5.06. The number of hydrogen-bond acceptors (Lipinski definition) is 2. The molecule has 0 unspecified atom stereocenters. The van der Waals surface area contributed by atoms with E-state index in [2.05, 4.69) is 134 Å². The van der Waals surface area contributed by atoms with Crippen molar-refractivity contribution in [3.05, 3.63) is 145 Å². The Bertz CT molecular complexity index is 2030. The van der Waals surface area contributed by atoms with Gasteiger partial charge in [-0.2, -0.15) is 9.67 Å². The molecule has 7 aromatic rings. The van der Waals surface area contributed by atoms with E-state index in [4.69, 9.17) is 9.84 Å². The zero-order valence-electron chi connectivity index (χ0n) is 25.5. The number of fused-ring (bicyclic) bond motifs is 1. The minimum atomic E-state index is -0.0577. The van der Waals surface area contributed by atoms with Crippen LogP contribution in [0.15, 0.2) is 140 Å². The second-order valence-electron chi connectivity index (χ2n) is 12.2. The Morgan fingerprint density at radius 2 is 1.34 bits per heavy atom. The van der Waals surface area contributed by atoms with Gasteiger partial charge in [-0.1, -0.05) is 99.6 Å². The summed E-state index contributed by atoms with van der Waals surface area (Å²) in [6.45, 7) is 6.70. The van der Waals surface area contributed by atoms with Gasteiger partial charge in [0, 0.05) is 29.5 Å². The lowest BCUT2D eigenvalue weighted by atomic mass is 9.86. The normalized spacial score (nSPS) is 11.6. The maximum absolute atomic E-state index is 6.60. The fraction of sp³-hybridized carbons (Fsp3) is 0.128. The van der Waals surface area contributed by atoms with E-state index in [1.54, 1.807) is 0 Å². The van der Waals surface area contributed by atoms with Crippen LogP contribution in [0.1, 0.15) is 26.3 Å². The molecule has 0 aliphatic carbocycles. The van der Waals surface area contributed by atoms with Crippen molar-refractivity contribution in [1.82, 2.24) is 14.3 Å². The van der Waals surface area contributed by atoms with Crippen molar-refractivity contribution in [1.29, 1.82) is 0 Å². The molecule has 2 aromatic heterocycles. The number of aryl methyl sites for hydroxylation is 1. The summed E-state index contributed by atoms with van der Waals surface area (Å²) >= 11 is 0. The first-order valence-corrected chi connectivity index (χ1v) is 14.9. The molecule has 44 heavy (non-hydrogen) atoms. The predicted molar refractivity (Wildman–Crippen MR) is 178 cm³/mol. The van der Waals surface area contributed by atoms with Gasteiger partial charge in [0.2, 0.25) is 6.33 Å². The molecule has 5 heteroatoms. The van der Waals surface area contributed by atoms with Crippen LogP contribution < -0.4 is 9.30 Å². The molecule has 0 N–H and O–H groups in total. The summed E-state index contributed by atoms with van der Waals surface area (Å²) in [4.78, 5) is 0. The molecule has 0 fully saturated rings. The highest BCUT2D eigenvalue weighted by Crippen LogP contribution is 2.35. The van der Waals surface area contributed by atoms with Gasteiger partial charge in [-0.05, 0) is 52.9 Å². The van der Waals surface area contributed by atoms with Gasteiger partial charge in [-0.15, -0.1) is 0 Å². The molecular formula is C39H35N4O+. The van der Waals surface area contributed by atoms with E-state index in [-0.39, 0.29) is 5.41 Å². The third-order valence-electron chi connectivity index (χ3n) is 8.01. The number of rotatable bonds is 6. The molecule has 5 aromatic carbocycles. The molecule has 0 aliphatic rings. The lowest BCUT2D eigenvalue weighted by Gasteiger charge is -2.20. The quantitative estimate of drug-likeness (QED) is 0.186. The topological polar surface area (TPSA) is 35.9 Å². The van der Waals surface area contributed by atoms with Crippen LogP contribution in [-0.4, -0.2) is 14.3 Å². The van der Waals surface area contributed by atoms with Crippen LogP contribution in [0.5, 0.6) is 11.5 Å². The van der Waals surface area contributed by atoms with Crippen LogP contribution in [0.4, 0.5) is 0 Å². The Morgan fingerprint density at radius 1 is 0.659 bits per heavy atom. The zero-order chi connectivity index (χ0) is 30.3. The number of ether oxygens (including phenoxy) is 1. The van der Waals surface area contributed by atoms with Gasteiger partial charge in [0.1, 0.15) is 22.9 Å². The zero-order valence-corrected chi connectivity index (χ0v) is 25.5. The fourth-order valence-electron chi connectivity index (χ4n) is 5.65. The molecular weight excluding hydrogens is 540 g/mol. The minimum absolute atomic E-state index is 0.0577. The minimum Gasteiger partial charge on any atom is -0.457 e. The van der Waals surface area contributed by atoms with Crippen molar-refractivity contribution in [2.45, 2.75) is 26.2 Å². The first-order chi connectivity index (χ1) is 21.3. The highest BCUT2D eigenvalue weighted by atomic mass is 16.5. The van der Waals surface area contributed by atoms with Gasteiger partial charge in [-0.25, -0.2) is 9.25 Å². The van der Waals surface area contributed by atoms with Gasteiger partial charge >= 0.3 is 0 Å². The lowest BCUT2D eigenvalue weighted by Crippen LogP contribution is -2.25. The Hall–Kier alpha value is -5.42. The summed E-state index contributed by atoms with van der Waals surface area (Å²) in [7, 11) is 2.08. The van der Waals surface area contributed by atoms with E-state index in [9.17, 15) is 0 Å². The van der Waals surface area contributed by atoms with Gasteiger partial charge in [-0.3, -0.25) is 0 Å². The second kappa shape index (κ2) is 11.0. The highest BCUT2D eigenvalue weighted by Gasteiger charge is 2.21. The molecule has 0 saturated carbocycles. The molecule has 0 saturated heterocycles. The summed E-state index contributed by atoms with van der Waals surface area (Å²) in [5.41, 5.74) is 9.69. The second-order valence-corrected chi connectivity index (χ2v) is 12.2. The van der Waals surface area contributed by atoms with Crippen LogP contribution >= 0.6 is 0 Å². The summed E-state index contributed by atoms with van der Waals surface area (Å²) in [6.07, 6.45) is 4.23. The predicted octanol–water partition coefficient (Wildman–Crippen LogP) is 9.06. The third-order valence-corrected chi connectivity index (χ3v) is 8.01. The number of nitrogens with zero attached hydrogens (tertiary/aromatic N) is 4.